The van der Waals surface area contributed by atoms with Crippen molar-refractivity contribution in [3.63, 3.8) is 0 Å². The highest BCUT2D eigenvalue weighted by Gasteiger charge is 2.41. The normalized spacial score (nSPS) is 14.9. The molecule has 1 amide bonds. The van der Waals surface area contributed by atoms with Gasteiger partial charge in [0.2, 0.25) is 11.6 Å². The van der Waals surface area contributed by atoms with Crippen molar-refractivity contribution in [1.82, 2.24) is 10.4 Å². The maximum absolute atomic E-state index is 13.1. The number of carbonyl (C=O) groups is 1. The quantitative estimate of drug-likeness (QED) is 0.828. The van der Waals surface area contributed by atoms with Crippen molar-refractivity contribution in [2.24, 2.45) is 5.16 Å². The Kier molecular flexibility index (Phi) is 5.44. The summed E-state index contributed by atoms with van der Waals surface area (Å²) in [6.07, 6.45) is 0.667. The molecule has 2 aromatic rings. The van der Waals surface area contributed by atoms with Gasteiger partial charge >= 0.3 is 0 Å². The number of hydrogen-bond acceptors (Lipinski definition) is 6. The number of ether oxygens (including phenoxy) is 2. The van der Waals surface area contributed by atoms with Crippen molar-refractivity contribution >= 4 is 11.7 Å². The van der Waals surface area contributed by atoms with Crippen molar-refractivity contribution in [3.8, 4) is 11.5 Å². The number of benzene rings is 2. The summed E-state index contributed by atoms with van der Waals surface area (Å²) in [6.45, 7) is 5.64. The van der Waals surface area contributed by atoms with E-state index in [1.54, 1.807) is 31.4 Å². The van der Waals surface area contributed by atoms with E-state index in [0.717, 1.165) is 11.1 Å². The number of amides is 1. The molecule has 0 unspecified atom stereocenters. The number of oxime groups is 1. The van der Waals surface area contributed by atoms with Crippen molar-refractivity contribution in [2.45, 2.75) is 32.9 Å². The highest BCUT2D eigenvalue weighted by molar-refractivity contribution is 6.04. The summed E-state index contributed by atoms with van der Waals surface area (Å²) < 4.78 is 10.8. The molecule has 1 aliphatic rings. The summed E-state index contributed by atoms with van der Waals surface area (Å²) in [5.41, 5.74) is 4.18. The lowest BCUT2D eigenvalue weighted by molar-refractivity contribution is -0.0824. The summed E-state index contributed by atoms with van der Waals surface area (Å²) >= 11 is 0. The number of nitrogens with one attached hydrogen (secondary N) is 1. The molecular formula is C21H25N3O4. The fourth-order valence-electron chi connectivity index (χ4n) is 3.17. The largest absolute Gasteiger partial charge is 0.496 e. The third kappa shape index (κ3) is 3.47. The summed E-state index contributed by atoms with van der Waals surface area (Å²) in [6, 6.07) is 12.9. The Balaban J connectivity index is 1.95. The number of nitrogens with zero attached hydrogens (tertiary/aromatic N) is 2. The molecular weight excluding hydrogens is 358 g/mol. The van der Waals surface area contributed by atoms with Crippen LogP contribution < -0.4 is 14.9 Å². The fourth-order valence-corrected chi connectivity index (χ4v) is 3.17. The van der Waals surface area contributed by atoms with Gasteiger partial charge in [0.15, 0.2) is 0 Å². The fraction of sp³-hybridized carbons (Fsp3) is 0.333. The Morgan fingerprint density at radius 1 is 1.11 bits per heavy atom. The molecule has 7 nitrogen and oxygen atoms in total. The lowest BCUT2D eigenvalue weighted by Gasteiger charge is -2.31. The molecule has 0 bridgehead atoms. The number of hydrogen-bond donors (Lipinski definition) is 1. The van der Waals surface area contributed by atoms with Gasteiger partial charge in [-0.15, -0.1) is 0 Å². The maximum atomic E-state index is 13.1. The second-order valence-corrected chi connectivity index (χ2v) is 6.77. The van der Waals surface area contributed by atoms with Crippen molar-refractivity contribution in [2.75, 3.05) is 14.2 Å². The lowest BCUT2D eigenvalue weighted by atomic mass is 10.0. The topological polar surface area (TPSA) is 72.4 Å². The molecule has 0 fully saturated rings. The summed E-state index contributed by atoms with van der Waals surface area (Å²) in [7, 11) is 3.19. The first kappa shape index (κ1) is 19.5. The number of methoxy groups -OCH3 is 2. The van der Waals surface area contributed by atoms with E-state index in [-0.39, 0.29) is 5.91 Å². The van der Waals surface area contributed by atoms with E-state index in [1.807, 2.05) is 51.1 Å². The molecule has 0 aliphatic carbocycles. The number of para-hydroxylation sites is 1. The first-order chi connectivity index (χ1) is 13.4. The highest BCUT2D eigenvalue weighted by atomic mass is 16.7. The van der Waals surface area contributed by atoms with Gasteiger partial charge in [-0.3, -0.25) is 10.2 Å². The van der Waals surface area contributed by atoms with Crippen LogP contribution in [-0.2, 0) is 11.3 Å². The summed E-state index contributed by atoms with van der Waals surface area (Å²) in [5, 5.41) is 5.81. The molecule has 148 valence electrons. The molecule has 7 heteroatoms. The van der Waals surface area contributed by atoms with E-state index >= 15 is 0 Å². The summed E-state index contributed by atoms with van der Waals surface area (Å²) in [5.74, 6) is 1.52. The van der Waals surface area contributed by atoms with Gasteiger partial charge in [-0.2, -0.15) is 0 Å². The zero-order chi connectivity index (χ0) is 20.3. The SMILES string of the molecule is CCc1c(OC)cccc1C(=O)NN1C(c2ccccc2OC)=NOC1(C)C. The first-order valence-electron chi connectivity index (χ1n) is 9.09. The first-order valence-corrected chi connectivity index (χ1v) is 9.09. The average Bonchev–Trinajstić information content (AvgIpc) is 3.01. The van der Waals surface area contributed by atoms with Crippen LogP contribution >= 0.6 is 0 Å². The van der Waals surface area contributed by atoms with Crippen LogP contribution in [0.25, 0.3) is 0 Å². The van der Waals surface area contributed by atoms with Gasteiger partial charge in [0.05, 0.1) is 19.8 Å². The molecule has 1 N–H and O–H groups in total. The van der Waals surface area contributed by atoms with Gasteiger partial charge in [0.25, 0.3) is 5.91 Å². The zero-order valence-corrected chi connectivity index (χ0v) is 16.8. The molecule has 0 saturated heterocycles. The van der Waals surface area contributed by atoms with Crippen LogP contribution in [0.1, 0.15) is 42.3 Å². The summed E-state index contributed by atoms with van der Waals surface area (Å²) in [4.78, 5) is 18.7. The van der Waals surface area contributed by atoms with Crippen LogP contribution in [0, 0.1) is 0 Å². The third-order valence-corrected chi connectivity index (χ3v) is 4.62. The molecule has 2 aromatic carbocycles. The molecule has 3 rings (SSSR count). The smallest absolute Gasteiger partial charge is 0.270 e. The van der Waals surface area contributed by atoms with Gasteiger partial charge in [0, 0.05) is 11.1 Å². The van der Waals surface area contributed by atoms with E-state index in [0.29, 0.717) is 29.3 Å². The minimum atomic E-state index is -0.864. The van der Waals surface area contributed by atoms with Gasteiger partial charge in [-0.1, -0.05) is 30.3 Å². The monoisotopic (exact) mass is 383 g/mol. The average molecular weight is 383 g/mol. The second kappa shape index (κ2) is 7.80. The number of rotatable bonds is 6. The Morgan fingerprint density at radius 3 is 2.46 bits per heavy atom. The molecule has 0 saturated carbocycles. The molecule has 0 atom stereocenters. The van der Waals surface area contributed by atoms with Crippen LogP contribution in [0.2, 0.25) is 0 Å². The van der Waals surface area contributed by atoms with E-state index in [2.05, 4.69) is 10.6 Å². The Bertz CT molecular complexity index is 908. The lowest BCUT2D eigenvalue weighted by Crippen LogP contribution is -2.54. The van der Waals surface area contributed by atoms with Crippen molar-refractivity contribution in [1.29, 1.82) is 0 Å². The minimum absolute atomic E-state index is 0.267. The predicted molar refractivity (Wildman–Crippen MR) is 106 cm³/mol. The van der Waals surface area contributed by atoms with Crippen LogP contribution in [0.3, 0.4) is 0 Å². The Hall–Kier alpha value is -3.22. The number of amidine groups is 1. The van der Waals surface area contributed by atoms with Crippen LogP contribution in [0.15, 0.2) is 47.6 Å². The second-order valence-electron chi connectivity index (χ2n) is 6.77. The van der Waals surface area contributed by atoms with Gasteiger partial charge in [-0.25, -0.2) is 5.01 Å². The van der Waals surface area contributed by atoms with Gasteiger partial charge in [0.1, 0.15) is 11.5 Å². The van der Waals surface area contributed by atoms with Crippen LogP contribution in [0.4, 0.5) is 0 Å². The van der Waals surface area contributed by atoms with Gasteiger partial charge < -0.3 is 14.3 Å². The molecule has 0 radical (unpaired) electrons. The molecule has 1 aliphatic heterocycles. The highest BCUT2D eigenvalue weighted by Crippen LogP contribution is 2.30. The van der Waals surface area contributed by atoms with Crippen LogP contribution in [-0.4, -0.2) is 36.7 Å². The van der Waals surface area contributed by atoms with Crippen LogP contribution in [0.5, 0.6) is 11.5 Å². The zero-order valence-electron chi connectivity index (χ0n) is 16.8. The minimum Gasteiger partial charge on any atom is -0.496 e. The standard InChI is InChI=1S/C21H25N3O4/c1-6-14-15(11-9-13-17(14)26-4)20(25)22-24-19(23-28-21(24,2)3)16-10-7-8-12-18(16)27-5/h7-13H,6H2,1-5H3,(H,22,25). The van der Waals surface area contributed by atoms with Crippen molar-refractivity contribution in [3.05, 3.63) is 59.2 Å². The van der Waals surface area contributed by atoms with E-state index < -0.39 is 5.72 Å². The third-order valence-electron chi connectivity index (χ3n) is 4.62. The van der Waals surface area contributed by atoms with Crippen molar-refractivity contribution < 1.29 is 19.1 Å². The van der Waals surface area contributed by atoms with E-state index in [9.17, 15) is 4.79 Å². The number of hydrazine groups is 1. The Morgan fingerprint density at radius 2 is 1.79 bits per heavy atom. The molecule has 1 heterocycles. The van der Waals surface area contributed by atoms with E-state index in [1.165, 1.54) is 0 Å². The molecule has 0 aromatic heterocycles. The Labute approximate surface area is 164 Å². The van der Waals surface area contributed by atoms with Gasteiger partial charge in [-0.05, 0) is 44.5 Å². The molecule has 0 spiro atoms. The predicted octanol–water partition coefficient (Wildman–Crippen LogP) is 3.34. The maximum Gasteiger partial charge on any atom is 0.270 e. The van der Waals surface area contributed by atoms with E-state index in [4.69, 9.17) is 14.3 Å². The molecule has 28 heavy (non-hydrogen) atoms. The number of carbonyl (C=O) groups excluding carboxylic acids is 1.